The number of aryl methyl sites for hydroxylation is 1. The summed E-state index contributed by atoms with van der Waals surface area (Å²) in [7, 11) is 2.07. The Labute approximate surface area is 213 Å². The summed E-state index contributed by atoms with van der Waals surface area (Å²) in [5.74, 6) is -0.0978. The van der Waals surface area contributed by atoms with Gasteiger partial charge in [0, 0.05) is 47.1 Å². The van der Waals surface area contributed by atoms with Gasteiger partial charge >= 0.3 is 0 Å². The van der Waals surface area contributed by atoms with E-state index in [4.69, 9.17) is 0 Å². The summed E-state index contributed by atoms with van der Waals surface area (Å²) in [6.45, 7) is 3.99. The number of carbonyl (C=O) groups excluding carboxylic acids is 1. The van der Waals surface area contributed by atoms with Gasteiger partial charge in [-0.05, 0) is 79.2 Å². The van der Waals surface area contributed by atoms with Crippen LogP contribution in [0.4, 0.5) is 11.4 Å². The highest BCUT2D eigenvalue weighted by Crippen LogP contribution is 2.35. The Kier molecular flexibility index (Phi) is 5.83. The number of pyridine rings is 1. The molecule has 0 unspecified atom stereocenters. The van der Waals surface area contributed by atoms with Crippen molar-refractivity contribution in [1.29, 1.82) is 0 Å². The van der Waals surface area contributed by atoms with Crippen LogP contribution in [-0.2, 0) is 0 Å². The van der Waals surface area contributed by atoms with E-state index >= 15 is 0 Å². The third-order valence-electron chi connectivity index (χ3n) is 6.72. The highest BCUT2D eigenvalue weighted by molar-refractivity contribution is 7.17. The van der Waals surface area contributed by atoms with Crippen molar-refractivity contribution in [2.45, 2.75) is 19.4 Å². The lowest BCUT2D eigenvalue weighted by molar-refractivity contribution is 0.0939. The normalized spacial score (nSPS) is 16.0. The average molecular weight is 495 g/mol. The van der Waals surface area contributed by atoms with Gasteiger partial charge in [0.1, 0.15) is 0 Å². The number of thiophene rings is 1. The second-order valence-corrected chi connectivity index (χ2v) is 10.3. The van der Waals surface area contributed by atoms with E-state index in [-0.39, 0.29) is 11.9 Å². The van der Waals surface area contributed by atoms with Gasteiger partial charge in [-0.3, -0.25) is 19.7 Å². The van der Waals surface area contributed by atoms with Crippen molar-refractivity contribution in [1.82, 2.24) is 25.2 Å². The van der Waals surface area contributed by atoms with Crippen molar-refractivity contribution < 1.29 is 4.79 Å². The minimum Gasteiger partial charge on any atom is -0.354 e. The largest absolute Gasteiger partial charge is 0.354 e. The first-order valence-corrected chi connectivity index (χ1v) is 12.9. The number of nitrogens with one attached hydrogen (secondary N) is 2. The highest BCUT2D eigenvalue weighted by atomic mass is 32.1. The Morgan fingerprint density at radius 1 is 1.11 bits per heavy atom. The number of likely N-dealkylation sites (N-methyl/N-ethyl adjacent to an activating group) is 1. The molecule has 1 aliphatic rings. The van der Waals surface area contributed by atoms with Crippen LogP contribution in [-0.4, -0.2) is 51.9 Å². The molecule has 1 aliphatic heterocycles. The van der Waals surface area contributed by atoms with E-state index in [0.29, 0.717) is 11.3 Å². The first-order chi connectivity index (χ1) is 17.5. The van der Waals surface area contributed by atoms with Crippen LogP contribution in [0.25, 0.3) is 32.2 Å². The topological polar surface area (TPSA) is 83.0 Å². The lowest BCUT2D eigenvalue weighted by Crippen LogP contribution is -2.36. The lowest BCUT2D eigenvalue weighted by Gasteiger charge is -2.16. The molecule has 0 bridgehead atoms. The summed E-state index contributed by atoms with van der Waals surface area (Å²) >= 11 is 1.75. The minimum atomic E-state index is -0.0978. The monoisotopic (exact) mass is 494 g/mol. The summed E-state index contributed by atoms with van der Waals surface area (Å²) in [5.41, 5.74) is 6.99. The Bertz CT molecular complexity index is 1600. The Morgan fingerprint density at radius 3 is 2.86 bits per heavy atom. The van der Waals surface area contributed by atoms with Crippen molar-refractivity contribution in [3.8, 4) is 11.1 Å². The number of amides is 1. The predicted molar refractivity (Wildman–Crippen MR) is 146 cm³/mol. The summed E-state index contributed by atoms with van der Waals surface area (Å²) < 4.78 is 1.26. The molecule has 1 saturated heterocycles. The molecule has 4 heterocycles. The quantitative estimate of drug-likeness (QED) is 0.341. The number of fused-ring (bicyclic) bond motifs is 2. The lowest BCUT2D eigenvalue weighted by atomic mass is 10.0. The van der Waals surface area contributed by atoms with Gasteiger partial charge in [0.15, 0.2) is 0 Å². The molecular formula is C28H26N6OS. The van der Waals surface area contributed by atoms with Gasteiger partial charge in [-0.2, -0.15) is 0 Å². The van der Waals surface area contributed by atoms with Crippen LogP contribution in [0.1, 0.15) is 22.3 Å². The average Bonchev–Trinajstić information content (AvgIpc) is 3.48. The molecule has 36 heavy (non-hydrogen) atoms. The van der Waals surface area contributed by atoms with Crippen LogP contribution in [0.2, 0.25) is 0 Å². The number of nitrogens with zero attached hydrogens (tertiary/aromatic N) is 4. The van der Waals surface area contributed by atoms with Gasteiger partial charge in [-0.15, -0.1) is 11.3 Å². The second-order valence-electron chi connectivity index (χ2n) is 9.35. The Balaban J connectivity index is 1.38. The Hall–Kier alpha value is -3.88. The van der Waals surface area contributed by atoms with E-state index in [9.17, 15) is 4.79 Å². The number of hydrogen-bond donors (Lipinski definition) is 2. The smallest absolute Gasteiger partial charge is 0.253 e. The zero-order chi connectivity index (χ0) is 24.6. The van der Waals surface area contributed by atoms with Crippen LogP contribution in [0.15, 0.2) is 66.6 Å². The van der Waals surface area contributed by atoms with Gasteiger partial charge in [0.05, 0.1) is 28.5 Å². The fraction of sp³-hybridized carbons (Fsp3) is 0.214. The maximum absolute atomic E-state index is 13.1. The molecular weight excluding hydrogens is 468 g/mol. The molecule has 180 valence electrons. The molecule has 8 heteroatoms. The molecule has 3 aromatic heterocycles. The first-order valence-electron chi connectivity index (χ1n) is 12.0. The number of aromatic nitrogens is 3. The maximum atomic E-state index is 13.1. The number of anilines is 2. The van der Waals surface area contributed by atoms with Crippen LogP contribution in [0, 0.1) is 6.92 Å². The molecule has 2 aromatic carbocycles. The van der Waals surface area contributed by atoms with E-state index in [1.807, 2.05) is 6.07 Å². The number of rotatable bonds is 5. The fourth-order valence-electron chi connectivity index (χ4n) is 4.85. The maximum Gasteiger partial charge on any atom is 0.253 e. The third-order valence-corrected chi connectivity index (χ3v) is 7.80. The number of likely N-dealkylation sites (tertiary alicyclic amines) is 1. The molecule has 0 radical (unpaired) electrons. The summed E-state index contributed by atoms with van der Waals surface area (Å²) in [4.78, 5) is 28.8. The van der Waals surface area contributed by atoms with Gasteiger partial charge in [0.2, 0.25) is 0 Å². The first kappa shape index (κ1) is 22.6. The highest BCUT2D eigenvalue weighted by Gasteiger charge is 2.23. The molecule has 6 rings (SSSR count). The summed E-state index contributed by atoms with van der Waals surface area (Å²) in [5, 5.41) is 10.0. The molecule has 1 atom stereocenters. The van der Waals surface area contributed by atoms with Crippen LogP contribution in [0.5, 0.6) is 0 Å². The van der Waals surface area contributed by atoms with E-state index in [2.05, 4.69) is 74.1 Å². The van der Waals surface area contributed by atoms with Gasteiger partial charge in [-0.25, -0.2) is 0 Å². The zero-order valence-electron chi connectivity index (χ0n) is 20.2. The number of carbonyl (C=O) groups is 1. The third kappa shape index (κ3) is 4.29. The minimum absolute atomic E-state index is 0.0978. The van der Waals surface area contributed by atoms with Crippen molar-refractivity contribution in [2.75, 3.05) is 25.5 Å². The molecule has 2 N–H and O–H groups in total. The standard InChI is InChI=1S/C28H26N6OS/c1-17-16-36-26-4-3-18(11-22(17)26)23-12-20(13-24-27(23)31-9-8-30-24)32-25-14-29-7-5-21(25)28(35)33-19-6-10-34(2)15-19/h3-5,7-9,11-14,16,19,32H,6,10,15H2,1-2H3,(H,33,35)/t19-/m1/s1. The van der Waals surface area contributed by atoms with E-state index in [0.717, 1.165) is 47.4 Å². The molecule has 5 aromatic rings. The Morgan fingerprint density at radius 2 is 2.00 bits per heavy atom. The summed E-state index contributed by atoms with van der Waals surface area (Å²) in [6, 6.07) is 12.5. The molecule has 0 saturated carbocycles. The molecule has 7 nitrogen and oxygen atoms in total. The van der Waals surface area contributed by atoms with Crippen LogP contribution >= 0.6 is 11.3 Å². The van der Waals surface area contributed by atoms with Gasteiger partial charge < -0.3 is 15.5 Å². The van der Waals surface area contributed by atoms with E-state index in [1.165, 1.54) is 15.6 Å². The molecule has 1 fully saturated rings. The van der Waals surface area contributed by atoms with Crippen molar-refractivity contribution in [3.63, 3.8) is 0 Å². The van der Waals surface area contributed by atoms with Crippen molar-refractivity contribution in [2.24, 2.45) is 0 Å². The van der Waals surface area contributed by atoms with Crippen LogP contribution < -0.4 is 10.6 Å². The molecule has 0 spiro atoms. The zero-order valence-corrected chi connectivity index (χ0v) is 21.0. The molecule has 1 amide bonds. The SMILES string of the molecule is Cc1csc2ccc(-c3cc(Nc4cnccc4C(=O)N[C@@H]4CCN(C)C4)cc4nccnc34)cc12. The van der Waals surface area contributed by atoms with Crippen molar-refractivity contribution in [3.05, 3.63) is 77.7 Å². The predicted octanol–water partition coefficient (Wildman–Crippen LogP) is 5.39. The van der Waals surface area contributed by atoms with Gasteiger partial charge in [-0.1, -0.05) is 6.07 Å². The fourth-order valence-corrected chi connectivity index (χ4v) is 5.78. The number of hydrogen-bond acceptors (Lipinski definition) is 7. The summed E-state index contributed by atoms with van der Waals surface area (Å²) in [6.07, 6.45) is 7.71. The molecule has 0 aliphatic carbocycles. The van der Waals surface area contributed by atoms with E-state index in [1.54, 1.807) is 42.2 Å². The second kappa shape index (κ2) is 9.29. The van der Waals surface area contributed by atoms with Gasteiger partial charge in [0.25, 0.3) is 5.91 Å². The van der Waals surface area contributed by atoms with Crippen LogP contribution in [0.3, 0.4) is 0 Å². The number of benzene rings is 2. The van der Waals surface area contributed by atoms with Crippen molar-refractivity contribution >= 4 is 49.7 Å². The van der Waals surface area contributed by atoms with E-state index < -0.39 is 0 Å².